The zero-order valence-corrected chi connectivity index (χ0v) is 15.3. The Kier molecular flexibility index (Phi) is 5.00. The van der Waals surface area contributed by atoms with Gasteiger partial charge in [-0.05, 0) is 37.0 Å². The molecule has 0 bridgehead atoms. The molecule has 0 unspecified atom stereocenters. The number of carbonyl (C=O) groups excluding carboxylic acids is 2. The Morgan fingerprint density at radius 3 is 2.72 bits per heavy atom. The fourth-order valence-corrected chi connectivity index (χ4v) is 5.01. The van der Waals surface area contributed by atoms with E-state index in [1.807, 2.05) is 0 Å². The van der Waals surface area contributed by atoms with Crippen LogP contribution >= 0.6 is 0 Å². The van der Waals surface area contributed by atoms with Gasteiger partial charge in [0, 0.05) is 51.1 Å². The number of rotatable bonds is 6. The molecule has 2 amide bonds. The molecular formula is C19H31N3O3. The van der Waals surface area contributed by atoms with Crippen molar-refractivity contribution in [1.29, 1.82) is 0 Å². The summed E-state index contributed by atoms with van der Waals surface area (Å²) in [4.78, 5) is 29.1. The Hall–Kier alpha value is -1.14. The monoisotopic (exact) mass is 349 g/mol. The quantitative estimate of drug-likeness (QED) is 0.767. The first-order chi connectivity index (χ1) is 12.1. The normalized spacial score (nSPS) is 35.9. The van der Waals surface area contributed by atoms with Crippen LogP contribution in [0.15, 0.2) is 0 Å². The molecular weight excluding hydrogens is 318 g/mol. The van der Waals surface area contributed by atoms with Gasteiger partial charge in [-0.2, -0.15) is 0 Å². The molecule has 2 aliphatic carbocycles. The molecule has 4 aliphatic rings. The van der Waals surface area contributed by atoms with Gasteiger partial charge in [-0.25, -0.2) is 0 Å². The zero-order valence-electron chi connectivity index (χ0n) is 15.3. The minimum atomic E-state index is 0.226. The summed E-state index contributed by atoms with van der Waals surface area (Å²) < 4.78 is 5.40. The number of fused-ring (bicyclic) bond motifs is 1. The lowest BCUT2D eigenvalue weighted by atomic mass is 9.88. The average Bonchev–Trinajstić information content (AvgIpc) is 3.36. The Morgan fingerprint density at radius 2 is 2.00 bits per heavy atom. The molecule has 4 rings (SSSR count). The number of carbonyl (C=O) groups is 2. The smallest absolute Gasteiger partial charge is 0.223 e. The van der Waals surface area contributed by atoms with Crippen molar-refractivity contribution in [2.45, 2.75) is 38.6 Å². The lowest BCUT2D eigenvalue weighted by Gasteiger charge is -2.31. The van der Waals surface area contributed by atoms with Crippen LogP contribution in [0.3, 0.4) is 0 Å². The molecule has 25 heavy (non-hydrogen) atoms. The van der Waals surface area contributed by atoms with E-state index in [9.17, 15) is 9.59 Å². The van der Waals surface area contributed by atoms with Crippen LogP contribution in [0.4, 0.5) is 0 Å². The maximum atomic E-state index is 12.6. The summed E-state index contributed by atoms with van der Waals surface area (Å²) in [6.07, 6.45) is 3.85. The first-order valence-electron chi connectivity index (χ1n) is 10.0. The van der Waals surface area contributed by atoms with Crippen molar-refractivity contribution in [3.8, 4) is 0 Å². The molecule has 0 aromatic carbocycles. The molecule has 2 aliphatic heterocycles. The number of likely N-dealkylation sites (tertiary alicyclic amines) is 1. The first-order valence-corrected chi connectivity index (χ1v) is 10.0. The highest BCUT2D eigenvalue weighted by molar-refractivity contribution is 5.81. The summed E-state index contributed by atoms with van der Waals surface area (Å²) in [5, 5.41) is 3.15. The molecule has 4 fully saturated rings. The third kappa shape index (κ3) is 3.70. The summed E-state index contributed by atoms with van der Waals surface area (Å²) in [6.45, 7) is 8.40. The average molecular weight is 349 g/mol. The molecule has 2 saturated heterocycles. The highest BCUT2D eigenvalue weighted by Crippen LogP contribution is 2.45. The van der Waals surface area contributed by atoms with Gasteiger partial charge in [-0.3, -0.25) is 14.5 Å². The summed E-state index contributed by atoms with van der Waals surface area (Å²) in [6, 6.07) is 0.381. The summed E-state index contributed by atoms with van der Waals surface area (Å²) in [7, 11) is 0. The van der Waals surface area contributed by atoms with E-state index in [4.69, 9.17) is 4.74 Å². The Labute approximate surface area is 150 Å². The maximum Gasteiger partial charge on any atom is 0.223 e. The van der Waals surface area contributed by atoms with Crippen LogP contribution in [-0.2, 0) is 14.3 Å². The van der Waals surface area contributed by atoms with E-state index in [1.165, 1.54) is 0 Å². The van der Waals surface area contributed by atoms with Crippen molar-refractivity contribution in [2.24, 2.45) is 23.7 Å². The number of hydrogen-bond donors (Lipinski definition) is 1. The van der Waals surface area contributed by atoms with Crippen molar-refractivity contribution >= 4 is 11.8 Å². The summed E-state index contributed by atoms with van der Waals surface area (Å²) in [5.41, 5.74) is 0. The molecule has 0 aromatic rings. The largest absolute Gasteiger partial charge is 0.379 e. The lowest BCUT2D eigenvalue weighted by molar-refractivity contribution is -0.129. The second-order valence-corrected chi connectivity index (χ2v) is 8.37. The second kappa shape index (κ2) is 7.23. The van der Waals surface area contributed by atoms with E-state index in [-0.39, 0.29) is 11.8 Å². The number of morpholine rings is 1. The van der Waals surface area contributed by atoms with Crippen molar-refractivity contribution < 1.29 is 14.3 Å². The van der Waals surface area contributed by atoms with Gasteiger partial charge in [0.05, 0.1) is 13.2 Å². The standard InChI is InChI=1S/C19H31N3O3/c1-13-10-17-15(16(13)12-20-19(24)14-2-3-14)11-18(23)22(17)5-4-21-6-8-25-9-7-21/h13-17H,2-12H2,1H3,(H,20,24)/t13-,15-,16+,17+/m0/s1. The van der Waals surface area contributed by atoms with Gasteiger partial charge in [-0.1, -0.05) is 6.92 Å². The number of nitrogens with zero attached hydrogens (tertiary/aromatic N) is 2. The summed E-state index contributed by atoms with van der Waals surface area (Å²) in [5.74, 6) is 2.26. The lowest BCUT2D eigenvalue weighted by Crippen LogP contribution is -2.44. The van der Waals surface area contributed by atoms with E-state index in [0.717, 1.165) is 65.2 Å². The van der Waals surface area contributed by atoms with E-state index in [0.29, 0.717) is 36.1 Å². The van der Waals surface area contributed by atoms with Gasteiger partial charge in [0.2, 0.25) is 11.8 Å². The predicted molar refractivity (Wildman–Crippen MR) is 93.9 cm³/mol. The van der Waals surface area contributed by atoms with Crippen LogP contribution in [0, 0.1) is 23.7 Å². The van der Waals surface area contributed by atoms with E-state index in [1.54, 1.807) is 0 Å². The molecule has 2 saturated carbocycles. The highest BCUT2D eigenvalue weighted by atomic mass is 16.5. The maximum absolute atomic E-state index is 12.6. The van der Waals surface area contributed by atoms with Crippen LogP contribution < -0.4 is 5.32 Å². The van der Waals surface area contributed by atoms with Crippen LogP contribution in [0.25, 0.3) is 0 Å². The number of hydrogen-bond acceptors (Lipinski definition) is 4. The SMILES string of the molecule is C[C@H]1C[C@@H]2[C@@H](CC(=O)N2CCN2CCOCC2)[C@@H]1CNC(=O)C1CC1. The molecule has 140 valence electrons. The van der Waals surface area contributed by atoms with E-state index in [2.05, 4.69) is 22.0 Å². The molecule has 0 spiro atoms. The van der Waals surface area contributed by atoms with Crippen LogP contribution in [0.5, 0.6) is 0 Å². The second-order valence-electron chi connectivity index (χ2n) is 8.37. The van der Waals surface area contributed by atoms with Gasteiger partial charge >= 0.3 is 0 Å². The fourth-order valence-electron chi connectivity index (χ4n) is 5.01. The third-order valence-electron chi connectivity index (χ3n) is 6.74. The highest BCUT2D eigenvalue weighted by Gasteiger charge is 2.50. The molecule has 0 aromatic heterocycles. The minimum Gasteiger partial charge on any atom is -0.379 e. The van der Waals surface area contributed by atoms with Crippen molar-refractivity contribution in [3.05, 3.63) is 0 Å². The molecule has 4 atom stereocenters. The fraction of sp³-hybridized carbons (Fsp3) is 0.895. The van der Waals surface area contributed by atoms with Crippen molar-refractivity contribution in [1.82, 2.24) is 15.1 Å². The van der Waals surface area contributed by atoms with Crippen molar-refractivity contribution in [2.75, 3.05) is 45.9 Å². The third-order valence-corrected chi connectivity index (χ3v) is 6.74. The Bertz CT molecular complexity index is 516. The Balaban J connectivity index is 1.31. The predicted octanol–water partition coefficient (Wildman–Crippen LogP) is 0.718. The van der Waals surface area contributed by atoms with Gasteiger partial charge < -0.3 is 15.0 Å². The molecule has 6 nitrogen and oxygen atoms in total. The minimum absolute atomic E-state index is 0.226. The van der Waals surface area contributed by atoms with E-state index < -0.39 is 0 Å². The van der Waals surface area contributed by atoms with Gasteiger partial charge in [0.1, 0.15) is 0 Å². The van der Waals surface area contributed by atoms with Crippen LogP contribution in [0.1, 0.15) is 32.6 Å². The molecule has 1 N–H and O–H groups in total. The van der Waals surface area contributed by atoms with Crippen molar-refractivity contribution in [3.63, 3.8) is 0 Å². The molecule has 6 heteroatoms. The zero-order chi connectivity index (χ0) is 17.4. The van der Waals surface area contributed by atoms with Gasteiger partial charge in [-0.15, -0.1) is 0 Å². The summed E-state index contributed by atoms with van der Waals surface area (Å²) >= 11 is 0. The first kappa shape index (κ1) is 17.3. The Morgan fingerprint density at radius 1 is 1.24 bits per heavy atom. The topological polar surface area (TPSA) is 61.9 Å². The van der Waals surface area contributed by atoms with E-state index >= 15 is 0 Å². The molecule has 2 heterocycles. The van der Waals surface area contributed by atoms with Crippen LogP contribution in [0.2, 0.25) is 0 Å². The van der Waals surface area contributed by atoms with Crippen LogP contribution in [-0.4, -0.2) is 73.6 Å². The number of nitrogens with one attached hydrogen (secondary N) is 1. The number of ether oxygens (including phenoxy) is 1. The number of amides is 2. The molecule has 0 radical (unpaired) electrons. The van der Waals surface area contributed by atoms with Gasteiger partial charge in [0.15, 0.2) is 0 Å². The van der Waals surface area contributed by atoms with Gasteiger partial charge in [0.25, 0.3) is 0 Å².